The third kappa shape index (κ3) is 3.77. The molecule has 26 heavy (non-hydrogen) atoms. The maximum Gasteiger partial charge on any atom is 0.243 e. The Kier molecular flexibility index (Phi) is 5.65. The van der Waals surface area contributed by atoms with Crippen molar-refractivity contribution in [3.63, 3.8) is 0 Å². The van der Waals surface area contributed by atoms with E-state index < -0.39 is 16.1 Å². The van der Waals surface area contributed by atoms with Gasteiger partial charge in [0.1, 0.15) is 6.04 Å². The van der Waals surface area contributed by atoms with E-state index in [0.717, 1.165) is 17.7 Å². The molecule has 0 aromatic heterocycles. The Labute approximate surface area is 159 Å². The average Bonchev–Trinajstić information content (AvgIpc) is 3.13. The van der Waals surface area contributed by atoms with Crippen LogP contribution in [0.25, 0.3) is 0 Å². The molecule has 1 saturated heterocycles. The van der Waals surface area contributed by atoms with Crippen molar-refractivity contribution in [1.82, 2.24) is 4.31 Å². The minimum Gasteiger partial charge on any atom is -0.324 e. The van der Waals surface area contributed by atoms with Crippen LogP contribution in [0, 0.1) is 0 Å². The highest BCUT2D eigenvalue weighted by atomic mass is 35.5. The summed E-state index contributed by atoms with van der Waals surface area (Å²) in [4.78, 5) is 12.9. The summed E-state index contributed by atoms with van der Waals surface area (Å²) in [5.41, 5.74) is 1.75. The Morgan fingerprint density at radius 1 is 1.19 bits per heavy atom. The maximum atomic E-state index is 12.9. The van der Waals surface area contributed by atoms with Crippen LogP contribution in [0.4, 0.5) is 5.69 Å². The quantitative estimate of drug-likeness (QED) is 0.843. The summed E-state index contributed by atoms with van der Waals surface area (Å²) in [6, 6.07) is 12.9. The van der Waals surface area contributed by atoms with Crippen molar-refractivity contribution in [2.45, 2.75) is 37.1 Å². The Morgan fingerprint density at radius 3 is 2.58 bits per heavy atom. The van der Waals surface area contributed by atoms with E-state index in [1.807, 2.05) is 31.2 Å². The van der Waals surface area contributed by atoms with E-state index in [1.54, 1.807) is 0 Å². The molecule has 1 aliphatic heterocycles. The van der Waals surface area contributed by atoms with Gasteiger partial charge in [-0.05, 0) is 55.2 Å². The summed E-state index contributed by atoms with van der Waals surface area (Å²) in [5, 5.41) is 3.37. The second-order valence-corrected chi connectivity index (χ2v) is 8.55. The van der Waals surface area contributed by atoms with Gasteiger partial charge < -0.3 is 5.32 Å². The first kappa shape index (κ1) is 18.9. The number of nitrogens with zero attached hydrogens (tertiary/aromatic N) is 1. The molecule has 7 heteroatoms. The number of nitrogens with one attached hydrogen (secondary N) is 1. The van der Waals surface area contributed by atoms with Crippen molar-refractivity contribution in [2.24, 2.45) is 0 Å². The highest BCUT2D eigenvalue weighted by molar-refractivity contribution is 7.89. The fourth-order valence-corrected chi connectivity index (χ4v) is 4.98. The van der Waals surface area contributed by atoms with Gasteiger partial charge in [0.05, 0.1) is 4.90 Å². The van der Waals surface area contributed by atoms with E-state index in [1.165, 1.54) is 28.6 Å². The molecule has 1 aliphatic rings. The molecule has 0 bridgehead atoms. The third-order valence-electron chi connectivity index (χ3n) is 4.58. The molecule has 1 atom stereocenters. The number of carbonyl (C=O) groups excluding carboxylic acids is 1. The summed E-state index contributed by atoms with van der Waals surface area (Å²) < 4.78 is 27.2. The molecule has 3 rings (SSSR count). The van der Waals surface area contributed by atoms with Crippen molar-refractivity contribution < 1.29 is 13.2 Å². The van der Waals surface area contributed by atoms with Gasteiger partial charge in [-0.1, -0.05) is 36.7 Å². The van der Waals surface area contributed by atoms with Gasteiger partial charge in [0, 0.05) is 17.3 Å². The Balaban J connectivity index is 1.83. The molecule has 0 radical (unpaired) electrons. The Bertz CT molecular complexity index is 897. The Hall–Kier alpha value is -1.89. The van der Waals surface area contributed by atoms with Crippen molar-refractivity contribution in [1.29, 1.82) is 0 Å². The zero-order chi connectivity index (χ0) is 18.7. The predicted octanol–water partition coefficient (Wildman–Crippen LogP) is 3.69. The van der Waals surface area contributed by atoms with Crippen LogP contribution in [0.3, 0.4) is 0 Å². The van der Waals surface area contributed by atoms with Gasteiger partial charge in [0.2, 0.25) is 15.9 Å². The first-order valence-electron chi connectivity index (χ1n) is 8.59. The normalized spacial score (nSPS) is 18.0. The number of amides is 1. The molecule has 2 aromatic carbocycles. The van der Waals surface area contributed by atoms with Crippen LogP contribution in [0.5, 0.6) is 0 Å². The number of halogens is 1. The van der Waals surface area contributed by atoms with E-state index in [2.05, 4.69) is 5.32 Å². The molecule has 0 spiro atoms. The number of sulfonamides is 1. The summed E-state index contributed by atoms with van der Waals surface area (Å²) in [7, 11) is -3.74. The van der Waals surface area contributed by atoms with Gasteiger partial charge in [0.25, 0.3) is 0 Å². The van der Waals surface area contributed by atoms with E-state index >= 15 is 0 Å². The number of rotatable bonds is 5. The molecular formula is C19H21ClN2O3S. The highest BCUT2D eigenvalue weighted by Gasteiger charge is 2.39. The smallest absolute Gasteiger partial charge is 0.243 e. The van der Waals surface area contributed by atoms with Crippen LogP contribution in [0.2, 0.25) is 5.02 Å². The van der Waals surface area contributed by atoms with Gasteiger partial charge in [-0.15, -0.1) is 0 Å². The molecule has 0 unspecified atom stereocenters. The number of hydrogen-bond acceptors (Lipinski definition) is 3. The van der Waals surface area contributed by atoms with E-state index in [4.69, 9.17) is 11.6 Å². The molecule has 2 aromatic rings. The van der Waals surface area contributed by atoms with E-state index in [-0.39, 0.29) is 10.8 Å². The molecule has 1 N–H and O–H groups in total. The summed E-state index contributed by atoms with van der Waals surface area (Å²) in [5.74, 6) is -0.291. The number of anilines is 1. The number of benzene rings is 2. The SMILES string of the molecule is CCc1ccccc1NC(=O)[C@H]1CCCN1S(=O)(=O)c1ccc(Cl)cc1. The van der Waals surface area contributed by atoms with Crippen LogP contribution in [-0.4, -0.2) is 31.2 Å². The lowest BCUT2D eigenvalue weighted by Crippen LogP contribution is -2.43. The topological polar surface area (TPSA) is 66.5 Å². The molecule has 0 saturated carbocycles. The van der Waals surface area contributed by atoms with Crippen molar-refractivity contribution in [3.8, 4) is 0 Å². The lowest BCUT2D eigenvalue weighted by Gasteiger charge is -2.24. The monoisotopic (exact) mass is 392 g/mol. The lowest BCUT2D eigenvalue weighted by molar-refractivity contribution is -0.119. The van der Waals surface area contributed by atoms with Gasteiger partial charge in [-0.3, -0.25) is 4.79 Å². The lowest BCUT2D eigenvalue weighted by atomic mass is 10.1. The average molecular weight is 393 g/mol. The zero-order valence-electron chi connectivity index (χ0n) is 14.5. The van der Waals surface area contributed by atoms with E-state index in [9.17, 15) is 13.2 Å². The van der Waals surface area contributed by atoms with Crippen LogP contribution in [0.15, 0.2) is 53.4 Å². The van der Waals surface area contributed by atoms with Gasteiger partial charge in [-0.25, -0.2) is 8.42 Å². The fourth-order valence-electron chi connectivity index (χ4n) is 3.20. The number of aryl methyl sites for hydroxylation is 1. The van der Waals surface area contributed by atoms with E-state index in [0.29, 0.717) is 24.4 Å². The number of hydrogen-bond donors (Lipinski definition) is 1. The Morgan fingerprint density at radius 2 is 1.88 bits per heavy atom. The molecule has 138 valence electrons. The summed E-state index contributed by atoms with van der Waals surface area (Å²) in [6.07, 6.45) is 1.95. The van der Waals surface area contributed by atoms with Crippen LogP contribution in [0.1, 0.15) is 25.3 Å². The maximum absolute atomic E-state index is 12.9. The minimum absolute atomic E-state index is 0.149. The molecule has 5 nitrogen and oxygen atoms in total. The van der Waals surface area contributed by atoms with Crippen molar-refractivity contribution >= 4 is 33.2 Å². The van der Waals surface area contributed by atoms with Gasteiger partial charge in [0.15, 0.2) is 0 Å². The van der Waals surface area contributed by atoms with Crippen LogP contribution in [-0.2, 0) is 21.2 Å². The first-order valence-corrected chi connectivity index (χ1v) is 10.4. The summed E-state index contributed by atoms with van der Waals surface area (Å²) >= 11 is 5.85. The number of carbonyl (C=O) groups is 1. The van der Waals surface area contributed by atoms with Crippen molar-refractivity contribution in [2.75, 3.05) is 11.9 Å². The largest absolute Gasteiger partial charge is 0.324 e. The van der Waals surface area contributed by atoms with Crippen LogP contribution < -0.4 is 5.32 Å². The van der Waals surface area contributed by atoms with Gasteiger partial charge >= 0.3 is 0 Å². The second kappa shape index (κ2) is 7.78. The van der Waals surface area contributed by atoms with Crippen molar-refractivity contribution in [3.05, 3.63) is 59.1 Å². The fraction of sp³-hybridized carbons (Fsp3) is 0.316. The zero-order valence-corrected chi connectivity index (χ0v) is 16.1. The third-order valence-corrected chi connectivity index (χ3v) is 6.76. The standard InChI is InChI=1S/C19H21ClN2O3S/c1-2-14-6-3-4-7-17(14)21-19(23)18-8-5-13-22(18)26(24,25)16-11-9-15(20)10-12-16/h3-4,6-7,9-12,18H,2,5,8,13H2,1H3,(H,21,23)/t18-/m1/s1. The summed E-state index contributed by atoms with van der Waals surface area (Å²) in [6.45, 7) is 2.34. The first-order chi connectivity index (χ1) is 12.4. The van der Waals surface area contributed by atoms with Gasteiger partial charge in [-0.2, -0.15) is 4.31 Å². The highest BCUT2D eigenvalue weighted by Crippen LogP contribution is 2.28. The molecular weight excluding hydrogens is 372 g/mol. The predicted molar refractivity (Wildman–Crippen MR) is 103 cm³/mol. The second-order valence-electron chi connectivity index (χ2n) is 6.23. The van der Waals surface area contributed by atoms with Crippen LogP contribution >= 0.6 is 11.6 Å². The molecule has 1 heterocycles. The molecule has 0 aliphatic carbocycles. The number of para-hydroxylation sites is 1. The molecule has 1 fully saturated rings. The molecule has 1 amide bonds. The minimum atomic E-state index is -3.74.